The molecule has 4 nitrogen and oxygen atoms in total. The Bertz CT molecular complexity index is 257. The van der Waals surface area contributed by atoms with Gasteiger partial charge in [0.1, 0.15) is 11.9 Å². The number of nitrogens with zero attached hydrogens (tertiary/aromatic N) is 1. The number of aldehydes is 1. The van der Waals surface area contributed by atoms with Crippen LogP contribution in [0.4, 0.5) is 4.79 Å². The van der Waals surface area contributed by atoms with Crippen LogP contribution in [0.1, 0.15) is 40.5 Å². The zero-order chi connectivity index (χ0) is 11.6. The Kier molecular flexibility index (Phi) is 3.37. The van der Waals surface area contributed by atoms with E-state index in [9.17, 15) is 9.59 Å². The average Bonchev–Trinajstić information content (AvgIpc) is 2.43. The topological polar surface area (TPSA) is 46.6 Å². The maximum Gasteiger partial charge on any atom is 0.411 e. The summed E-state index contributed by atoms with van der Waals surface area (Å²) in [6.45, 7) is 7.40. The highest BCUT2D eigenvalue weighted by Gasteiger charge is 2.36. The van der Waals surface area contributed by atoms with Gasteiger partial charge in [0.2, 0.25) is 0 Å². The molecule has 0 unspecified atom stereocenters. The Morgan fingerprint density at radius 1 is 1.40 bits per heavy atom. The van der Waals surface area contributed by atoms with Crippen LogP contribution in [0.3, 0.4) is 0 Å². The fourth-order valence-corrected chi connectivity index (χ4v) is 1.78. The smallest absolute Gasteiger partial charge is 0.411 e. The third-order valence-electron chi connectivity index (χ3n) is 2.47. The summed E-state index contributed by atoms with van der Waals surface area (Å²) >= 11 is 0. The van der Waals surface area contributed by atoms with Gasteiger partial charge in [-0.15, -0.1) is 0 Å². The van der Waals surface area contributed by atoms with Crippen LogP contribution in [0.25, 0.3) is 0 Å². The predicted molar refractivity (Wildman–Crippen MR) is 56.6 cm³/mol. The molecule has 1 amide bonds. The predicted octanol–water partition coefficient (Wildman–Crippen LogP) is 1.97. The first-order valence-corrected chi connectivity index (χ1v) is 5.32. The Morgan fingerprint density at radius 3 is 2.47 bits per heavy atom. The lowest BCUT2D eigenvalue weighted by Gasteiger charge is -2.29. The van der Waals surface area contributed by atoms with E-state index in [4.69, 9.17) is 4.74 Å². The van der Waals surface area contributed by atoms with Crippen molar-refractivity contribution in [2.24, 2.45) is 0 Å². The molecule has 0 N–H and O–H groups in total. The maximum absolute atomic E-state index is 11.8. The van der Waals surface area contributed by atoms with Crippen LogP contribution in [-0.4, -0.2) is 35.0 Å². The van der Waals surface area contributed by atoms with Gasteiger partial charge in [0.25, 0.3) is 0 Å². The van der Waals surface area contributed by atoms with Crippen LogP contribution in [-0.2, 0) is 9.53 Å². The summed E-state index contributed by atoms with van der Waals surface area (Å²) in [4.78, 5) is 24.1. The van der Waals surface area contributed by atoms with Crippen molar-refractivity contribution in [3.05, 3.63) is 0 Å². The quantitative estimate of drug-likeness (QED) is 0.626. The third kappa shape index (κ3) is 2.94. The lowest BCUT2D eigenvalue weighted by molar-refractivity contribution is -0.112. The summed E-state index contributed by atoms with van der Waals surface area (Å²) in [5.74, 6) is 0. The molecule has 0 saturated carbocycles. The number of hydrogen-bond acceptors (Lipinski definition) is 3. The van der Waals surface area contributed by atoms with E-state index in [2.05, 4.69) is 0 Å². The first-order chi connectivity index (χ1) is 6.85. The standard InChI is InChI=1S/C11H19NO3/c1-8-5-6-9(7-13)12(8)10(14)15-11(2,3)4/h7-9H,5-6H2,1-4H3/t8-,9-/m0/s1. The summed E-state index contributed by atoms with van der Waals surface area (Å²) in [6.07, 6.45) is 2.05. The van der Waals surface area contributed by atoms with Crippen LogP contribution in [0, 0.1) is 0 Å². The highest BCUT2D eigenvalue weighted by atomic mass is 16.6. The zero-order valence-electron chi connectivity index (χ0n) is 9.82. The molecule has 1 rings (SSSR count). The van der Waals surface area contributed by atoms with Gasteiger partial charge in [0.15, 0.2) is 0 Å². The van der Waals surface area contributed by atoms with E-state index >= 15 is 0 Å². The lowest BCUT2D eigenvalue weighted by Crippen LogP contribution is -2.43. The SMILES string of the molecule is C[C@H]1CC[C@@H](C=O)N1C(=O)OC(C)(C)C. The van der Waals surface area contributed by atoms with Gasteiger partial charge in [0.05, 0.1) is 6.04 Å². The van der Waals surface area contributed by atoms with Crippen molar-refractivity contribution in [3.8, 4) is 0 Å². The van der Waals surface area contributed by atoms with E-state index in [0.29, 0.717) is 0 Å². The van der Waals surface area contributed by atoms with Crippen LogP contribution >= 0.6 is 0 Å². The fourth-order valence-electron chi connectivity index (χ4n) is 1.78. The molecule has 0 spiro atoms. The van der Waals surface area contributed by atoms with Crippen molar-refractivity contribution in [2.45, 2.75) is 58.2 Å². The Morgan fingerprint density at radius 2 is 2.00 bits per heavy atom. The number of hydrogen-bond donors (Lipinski definition) is 0. The van der Waals surface area contributed by atoms with Gasteiger partial charge in [-0.05, 0) is 40.5 Å². The van der Waals surface area contributed by atoms with Crippen LogP contribution < -0.4 is 0 Å². The Hall–Kier alpha value is -1.06. The number of carbonyl (C=O) groups excluding carboxylic acids is 2. The van der Waals surface area contributed by atoms with Gasteiger partial charge in [-0.2, -0.15) is 0 Å². The highest BCUT2D eigenvalue weighted by molar-refractivity contribution is 5.74. The lowest BCUT2D eigenvalue weighted by atomic mass is 10.2. The molecule has 86 valence electrons. The molecular weight excluding hydrogens is 194 g/mol. The van der Waals surface area contributed by atoms with Crippen LogP contribution in [0.15, 0.2) is 0 Å². The number of ether oxygens (including phenoxy) is 1. The molecule has 1 saturated heterocycles. The van der Waals surface area contributed by atoms with Crippen LogP contribution in [0.2, 0.25) is 0 Å². The van der Waals surface area contributed by atoms with Crippen molar-refractivity contribution in [1.29, 1.82) is 0 Å². The molecule has 0 aromatic rings. The fraction of sp³-hybridized carbons (Fsp3) is 0.818. The summed E-state index contributed by atoms with van der Waals surface area (Å²) in [7, 11) is 0. The van der Waals surface area contributed by atoms with Crippen molar-refractivity contribution in [2.75, 3.05) is 0 Å². The van der Waals surface area contributed by atoms with Crippen molar-refractivity contribution >= 4 is 12.4 Å². The third-order valence-corrected chi connectivity index (χ3v) is 2.47. The van der Waals surface area contributed by atoms with E-state index in [1.165, 1.54) is 4.90 Å². The number of likely N-dealkylation sites (tertiary alicyclic amines) is 1. The molecule has 1 aliphatic heterocycles. The number of amides is 1. The molecule has 1 heterocycles. The van der Waals surface area contributed by atoms with Gasteiger partial charge in [-0.25, -0.2) is 4.79 Å². The van der Waals surface area contributed by atoms with E-state index in [1.54, 1.807) is 0 Å². The minimum Gasteiger partial charge on any atom is -0.444 e. The molecule has 1 aliphatic rings. The largest absolute Gasteiger partial charge is 0.444 e. The summed E-state index contributed by atoms with van der Waals surface area (Å²) in [5.41, 5.74) is -0.507. The van der Waals surface area contributed by atoms with Crippen molar-refractivity contribution in [1.82, 2.24) is 4.90 Å². The maximum atomic E-state index is 11.8. The first-order valence-electron chi connectivity index (χ1n) is 5.32. The van der Waals surface area contributed by atoms with Gasteiger partial charge < -0.3 is 9.53 Å². The number of carbonyl (C=O) groups is 2. The first kappa shape index (κ1) is 12.0. The molecule has 0 radical (unpaired) electrons. The summed E-state index contributed by atoms with van der Waals surface area (Å²) < 4.78 is 5.25. The molecule has 0 aromatic heterocycles. The van der Waals surface area contributed by atoms with Gasteiger partial charge in [0, 0.05) is 6.04 Å². The van der Waals surface area contributed by atoms with E-state index < -0.39 is 5.60 Å². The van der Waals surface area contributed by atoms with Crippen LogP contribution in [0.5, 0.6) is 0 Å². The second-order valence-electron chi connectivity index (χ2n) is 5.02. The Balaban J connectivity index is 2.68. The minimum absolute atomic E-state index is 0.0926. The van der Waals surface area contributed by atoms with E-state index in [-0.39, 0.29) is 18.2 Å². The minimum atomic E-state index is -0.507. The van der Waals surface area contributed by atoms with E-state index in [1.807, 2.05) is 27.7 Å². The van der Waals surface area contributed by atoms with Crippen molar-refractivity contribution < 1.29 is 14.3 Å². The second kappa shape index (κ2) is 4.21. The summed E-state index contributed by atoms with van der Waals surface area (Å²) in [6, 6.07) is -0.218. The van der Waals surface area contributed by atoms with Crippen molar-refractivity contribution in [3.63, 3.8) is 0 Å². The molecule has 0 aromatic carbocycles. The molecule has 15 heavy (non-hydrogen) atoms. The molecular formula is C11H19NO3. The average molecular weight is 213 g/mol. The normalized spacial score (nSPS) is 26.5. The molecule has 1 fully saturated rings. The highest BCUT2D eigenvalue weighted by Crippen LogP contribution is 2.24. The Labute approximate surface area is 90.6 Å². The zero-order valence-corrected chi connectivity index (χ0v) is 9.82. The monoisotopic (exact) mass is 213 g/mol. The van der Waals surface area contributed by atoms with Gasteiger partial charge in [-0.3, -0.25) is 4.90 Å². The molecule has 0 bridgehead atoms. The van der Waals surface area contributed by atoms with Gasteiger partial charge >= 0.3 is 6.09 Å². The molecule has 0 aliphatic carbocycles. The second-order valence-corrected chi connectivity index (χ2v) is 5.02. The number of rotatable bonds is 1. The summed E-state index contributed by atoms with van der Waals surface area (Å²) in [5, 5.41) is 0. The molecule has 2 atom stereocenters. The van der Waals surface area contributed by atoms with E-state index in [0.717, 1.165) is 19.1 Å². The van der Waals surface area contributed by atoms with Gasteiger partial charge in [-0.1, -0.05) is 0 Å². The molecule has 4 heteroatoms.